The van der Waals surface area contributed by atoms with Crippen molar-refractivity contribution in [3.05, 3.63) is 28.5 Å². The van der Waals surface area contributed by atoms with Gasteiger partial charge in [0.05, 0.1) is 6.07 Å². The molecule has 18 heavy (non-hydrogen) atoms. The lowest BCUT2D eigenvalue weighted by molar-refractivity contribution is 0.0924. The number of halogens is 1. The molecule has 1 aromatic rings. The van der Waals surface area contributed by atoms with Crippen LogP contribution in [0.5, 0.6) is 0 Å². The quantitative estimate of drug-likeness (QED) is 0.914. The molecule has 0 aliphatic heterocycles. The molecule has 0 aliphatic carbocycles. The van der Waals surface area contributed by atoms with Crippen molar-refractivity contribution in [2.45, 2.75) is 39.2 Å². The zero-order valence-corrected chi connectivity index (χ0v) is 11.7. The Kier molecular flexibility index (Phi) is 4.31. The van der Waals surface area contributed by atoms with Gasteiger partial charge in [0.1, 0.15) is 11.2 Å². The Balaban J connectivity index is 2.96. The average Bonchev–Trinajstić information content (AvgIpc) is 2.27. The number of nitriles is 1. The van der Waals surface area contributed by atoms with Crippen LogP contribution in [0.1, 0.15) is 49.7 Å². The minimum Gasteiger partial charge on any atom is -0.333 e. The maximum atomic E-state index is 11.9. The van der Waals surface area contributed by atoms with Gasteiger partial charge in [-0.1, -0.05) is 25.4 Å². The van der Waals surface area contributed by atoms with E-state index in [2.05, 4.69) is 10.3 Å². The van der Waals surface area contributed by atoms with E-state index in [0.717, 1.165) is 5.56 Å². The largest absolute Gasteiger partial charge is 0.333 e. The van der Waals surface area contributed by atoms with E-state index in [1.54, 1.807) is 20.0 Å². The summed E-state index contributed by atoms with van der Waals surface area (Å²) in [5.74, 6) is -0.156. The summed E-state index contributed by atoms with van der Waals surface area (Å²) in [6.07, 6.45) is 1.60. The van der Waals surface area contributed by atoms with E-state index in [9.17, 15) is 4.79 Å². The van der Waals surface area contributed by atoms with Gasteiger partial charge < -0.3 is 5.32 Å². The van der Waals surface area contributed by atoms with Gasteiger partial charge >= 0.3 is 0 Å². The highest BCUT2D eigenvalue weighted by Gasteiger charge is 2.21. The lowest BCUT2D eigenvalue weighted by atomic mass is 10.0. The van der Waals surface area contributed by atoms with Gasteiger partial charge in [-0.15, -0.1) is 0 Å². The van der Waals surface area contributed by atoms with Crippen LogP contribution in [0.4, 0.5) is 0 Å². The molecule has 0 aliphatic rings. The molecule has 0 spiro atoms. The van der Waals surface area contributed by atoms with Crippen LogP contribution in [0.15, 0.2) is 12.3 Å². The summed E-state index contributed by atoms with van der Waals surface area (Å²) in [6, 6.07) is 3.52. The Morgan fingerprint density at radius 2 is 2.17 bits per heavy atom. The molecule has 1 rings (SSSR count). The molecule has 1 amide bonds. The van der Waals surface area contributed by atoms with Crippen molar-refractivity contribution in [2.24, 2.45) is 0 Å². The standard InChI is InChI=1S/C13H16ClN3O/c1-8(2)9-6-16-11(5-10(9)14)12(18)17-13(3,4)7-15/h5-6,8H,1-4H3,(H,17,18). The van der Waals surface area contributed by atoms with Crippen molar-refractivity contribution >= 4 is 17.5 Å². The molecule has 0 aromatic carbocycles. The lowest BCUT2D eigenvalue weighted by Gasteiger charge is -2.17. The molecular formula is C13H16ClN3O. The molecule has 0 radical (unpaired) electrons. The highest BCUT2D eigenvalue weighted by molar-refractivity contribution is 6.31. The van der Waals surface area contributed by atoms with Gasteiger partial charge in [-0.2, -0.15) is 5.26 Å². The molecule has 5 heteroatoms. The first-order chi connectivity index (χ1) is 8.26. The van der Waals surface area contributed by atoms with Crippen LogP contribution in [-0.4, -0.2) is 16.4 Å². The number of hydrogen-bond acceptors (Lipinski definition) is 3. The number of carbonyl (C=O) groups is 1. The fourth-order valence-electron chi connectivity index (χ4n) is 1.37. The Hall–Kier alpha value is -1.60. The Bertz CT molecular complexity index is 503. The maximum Gasteiger partial charge on any atom is 0.271 e. The smallest absolute Gasteiger partial charge is 0.271 e. The van der Waals surface area contributed by atoms with Crippen LogP contribution in [0, 0.1) is 11.3 Å². The molecule has 0 saturated carbocycles. The molecule has 1 heterocycles. The molecular weight excluding hydrogens is 250 g/mol. The van der Waals surface area contributed by atoms with Gasteiger partial charge in [0.2, 0.25) is 0 Å². The third-order valence-electron chi connectivity index (χ3n) is 2.44. The molecule has 96 valence electrons. The number of aromatic nitrogens is 1. The van der Waals surface area contributed by atoms with Gasteiger partial charge in [0.15, 0.2) is 0 Å². The second-order valence-corrected chi connectivity index (χ2v) is 5.34. The summed E-state index contributed by atoms with van der Waals surface area (Å²) in [5, 5.41) is 11.9. The molecule has 0 fully saturated rings. The predicted octanol–water partition coefficient (Wildman–Crippen LogP) is 2.89. The monoisotopic (exact) mass is 265 g/mol. The fourth-order valence-corrected chi connectivity index (χ4v) is 1.74. The minimum atomic E-state index is -0.929. The number of carbonyl (C=O) groups excluding carboxylic acids is 1. The normalized spacial score (nSPS) is 11.2. The highest BCUT2D eigenvalue weighted by Crippen LogP contribution is 2.23. The molecule has 4 nitrogen and oxygen atoms in total. The third-order valence-corrected chi connectivity index (χ3v) is 2.77. The maximum absolute atomic E-state index is 11.9. The van der Waals surface area contributed by atoms with Crippen LogP contribution in [0.2, 0.25) is 5.02 Å². The summed E-state index contributed by atoms with van der Waals surface area (Å²) in [7, 11) is 0. The molecule has 0 atom stereocenters. The Morgan fingerprint density at radius 1 is 1.56 bits per heavy atom. The predicted molar refractivity (Wildman–Crippen MR) is 70.5 cm³/mol. The van der Waals surface area contributed by atoms with E-state index in [-0.39, 0.29) is 11.6 Å². The fraction of sp³-hybridized carbons (Fsp3) is 0.462. The number of pyridine rings is 1. The van der Waals surface area contributed by atoms with E-state index in [1.807, 2.05) is 19.9 Å². The highest BCUT2D eigenvalue weighted by atomic mass is 35.5. The van der Waals surface area contributed by atoms with E-state index in [4.69, 9.17) is 16.9 Å². The zero-order valence-electron chi connectivity index (χ0n) is 10.9. The molecule has 0 saturated heterocycles. The molecule has 1 N–H and O–H groups in total. The van der Waals surface area contributed by atoms with Gasteiger partial charge in [-0.05, 0) is 31.4 Å². The van der Waals surface area contributed by atoms with Crippen LogP contribution in [0.3, 0.4) is 0 Å². The number of amides is 1. The van der Waals surface area contributed by atoms with Crippen LogP contribution in [-0.2, 0) is 0 Å². The first kappa shape index (κ1) is 14.5. The molecule has 1 aromatic heterocycles. The SMILES string of the molecule is CC(C)c1cnc(C(=O)NC(C)(C)C#N)cc1Cl. The summed E-state index contributed by atoms with van der Waals surface area (Å²) >= 11 is 6.09. The first-order valence-corrected chi connectivity index (χ1v) is 6.04. The summed E-state index contributed by atoms with van der Waals surface area (Å²) in [5.41, 5.74) is 0.183. The van der Waals surface area contributed by atoms with Gasteiger partial charge in [-0.25, -0.2) is 0 Å². The third kappa shape index (κ3) is 3.44. The van der Waals surface area contributed by atoms with Crippen molar-refractivity contribution in [2.75, 3.05) is 0 Å². The van der Waals surface area contributed by atoms with Gasteiger partial charge in [0.25, 0.3) is 5.91 Å². The Morgan fingerprint density at radius 3 is 2.61 bits per heavy atom. The molecule has 0 bridgehead atoms. The van der Waals surface area contributed by atoms with Crippen LogP contribution < -0.4 is 5.32 Å². The zero-order chi connectivity index (χ0) is 13.9. The minimum absolute atomic E-state index is 0.215. The number of nitrogens with zero attached hydrogens (tertiary/aromatic N) is 2. The summed E-state index contributed by atoms with van der Waals surface area (Å²) < 4.78 is 0. The number of rotatable bonds is 3. The topological polar surface area (TPSA) is 65.8 Å². The van der Waals surface area contributed by atoms with E-state index < -0.39 is 11.4 Å². The average molecular weight is 266 g/mol. The van der Waals surface area contributed by atoms with Crippen molar-refractivity contribution in [3.8, 4) is 6.07 Å². The number of nitrogens with one attached hydrogen (secondary N) is 1. The van der Waals surface area contributed by atoms with Crippen LogP contribution >= 0.6 is 11.6 Å². The van der Waals surface area contributed by atoms with Crippen molar-refractivity contribution in [1.82, 2.24) is 10.3 Å². The number of hydrogen-bond donors (Lipinski definition) is 1. The Labute approximate surface area is 112 Å². The van der Waals surface area contributed by atoms with E-state index in [0.29, 0.717) is 5.02 Å². The van der Waals surface area contributed by atoms with Gasteiger partial charge in [0, 0.05) is 11.2 Å². The van der Waals surface area contributed by atoms with E-state index in [1.165, 1.54) is 6.07 Å². The lowest BCUT2D eigenvalue weighted by Crippen LogP contribution is -2.42. The second kappa shape index (κ2) is 5.36. The second-order valence-electron chi connectivity index (χ2n) is 4.94. The van der Waals surface area contributed by atoms with Gasteiger partial charge in [-0.3, -0.25) is 9.78 Å². The van der Waals surface area contributed by atoms with Crippen molar-refractivity contribution in [1.29, 1.82) is 5.26 Å². The molecule has 0 unspecified atom stereocenters. The van der Waals surface area contributed by atoms with Crippen molar-refractivity contribution < 1.29 is 4.79 Å². The first-order valence-electron chi connectivity index (χ1n) is 5.66. The van der Waals surface area contributed by atoms with Crippen molar-refractivity contribution in [3.63, 3.8) is 0 Å². The van der Waals surface area contributed by atoms with Crippen LogP contribution in [0.25, 0.3) is 0 Å². The summed E-state index contributed by atoms with van der Waals surface area (Å²) in [4.78, 5) is 15.9. The summed E-state index contributed by atoms with van der Waals surface area (Å²) in [6.45, 7) is 7.24. The van der Waals surface area contributed by atoms with E-state index >= 15 is 0 Å².